The standard InChI is InChI=1S/C13H16ClFN2O2/c14-12-9-10(15)1-2-11(12)13(19)17-5-3-16(4-6-17)7-8-18/h1-2,9,18H,3-8H2. The third-order valence-corrected chi connectivity index (χ3v) is 3.55. The van der Waals surface area contributed by atoms with Crippen molar-refractivity contribution in [2.24, 2.45) is 0 Å². The van der Waals surface area contributed by atoms with Gasteiger partial charge in [0.25, 0.3) is 5.91 Å². The van der Waals surface area contributed by atoms with Crippen LogP contribution in [0.3, 0.4) is 0 Å². The van der Waals surface area contributed by atoms with Crippen LogP contribution in [0.5, 0.6) is 0 Å². The molecule has 1 amide bonds. The van der Waals surface area contributed by atoms with E-state index in [9.17, 15) is 9.18 Å². The highest BCUT2D eigenvalue weighted by Crippen LogP contribution is 2.19. The zero-order valence-electron chi connectivity index (χ0n) is 10.5. The Labute approximate surface area is 116 Å². The van der Waals surface area contributed by atoms with Crippen molar-refractivity contribution in [2.75, 3.05) is 39.3 Å². The quantitative estimate of drug-likeness (QED) is 0.909. The van der Waals surface area contributed by atoms with Crippen molar-refractivity contribution in [1.82, 2.24) is 9.80 Å². The molecule has 1 fully saturated rings. The van der Waals surface area contributed by atoms with Gasteiger partial charge in [-0.05, 0) is 18.2 Å². The molecule has 104 valence electrons. The lowest BCUT2D eigenvalue weighted by atomic mass is 10.1. The molecule has 1 aromatic carbocycles. The first-order valence-corrected chi connectivity index (χ1v) is 6.57. The second kappa shape index (κ2) is 6.32. The number of nitrogens with zero attached hydrogens (tertiary/aromatic N) is 2. The Hall–Kier alpha value is -1.17. The molecule has 1 aromatic rings. The van der Waals surface area contributed by atoms with E-state index in [2.05, 4.69) is 4.90 Å². The summed E-state index contributed by atoms with van der Waals surface area (Å²) in [6.07, 6.45) is 0. The number of hydrogen-bond acceptors (Lipinski definition) is 3. The van der Waals surface area contributed by atoms with Gasteiger partial charge in [-0.2, -0.15) is 0 Å². The van der Waals surface area contributed by atoms with Crippen molar-refractivity contribution < 1.29 is 14.3 Å². The van der Waals surface area contributed by atoms with Gasteiger partial charge in [0.2, 0.25) is 0 Å². The molecule has 0 atom stereocenters. The summed E-state index contributed by atoms with van der Waals surface area (Å²) in [5, 5.41) is 9.00. The third kappa shape index (κ3) is 3.43. The highest BCUT2D eigenvalue weighted by atomic mass is 35.5. The van der Waals surface area contributed by atoms with E-state index in [4.69, 9.17) is 16.7 Å². The predicted octanol–water partition coefficient (Wildman–Crippen LogP) is 1.23. The van der Waals surface area contributed by atoms with E-state index in [-0.39, 0.29) is 17.5 Å². The molecule has 0 radical (unpaired) electrons. The lowest BCUT2D eigenvalue weighted by molar-refractivity contribution is 0.0615. The van der Waals surface area contributed by atoms with E-state index in [1.807, 2.05) is 0 Å². The fourth-order valence-corrected chi connectivity index (χ4v) is 2.40. The summed E-state index contributed by atoms with van der Waals surface area (Å²) in [5.74, 6) is -0.622. The monoisotopic (exact) mass is 286 g/mol. The van der Waals surface area contributed by atoms with E-state index < -0.39 is 5.82 Å². The molecule has 0 aliphatic carbocycles. The van der Waals surface area contributed by atoms with Gasteiger partial charge in [0.1, 0.15) is 5.82 Å². The molecule has 0 spiro atoms. The first-order chi connectivity index (χ1) is 9.11. The van der Waals surface area contributed by atoms with Gasteiger partial charge in [-0.1, -0.05) is 11.6 Å². The lowest BCUT2D eigenvalue weighted by Crippen LogP contribution is -2.49. The van der Waals surface area contributed by atoms with Crippen LogP contribution in [0.1, 0.15) is 10.4 Å². The Kier molecular flexibility index (Phi) is 4.74. The van der Waals surface area contributed by atoms with Crippen LogP contribution in [0.4, 0.5) is 4.39 Å². The summed E-state index contributed by atoms with van der Waals surface area (Å²) in [7, 11) is 0. The van der Waals surface area contributed by atoms with Gasteiger partial charge in [-0.25, -0.2) is 4.39 Å². The molecule has 0 saturated carbocycles. The average molecular weight is 287 g/mol. The fraction of sp³-hybridized carbons (Fsp3) is 0.462. The van der Waals surface area contributed by atoms with E-state index >= 15 is 0 Å². The normalized spacial score (nSPS) is 16.7. The van der Waals surface area contributed by atoms with Gasteiger partial charge in [0.05, 0.1) is 17.2 Å². The van der Waals surface area contributed by atoms with Crippen LogP contribution < -0.4 is 0 Å². The van der Waals surface area contributed by atoms with Gasteiger partial charge in [-0.3, -0.25) is 9.69 Å². The topological polar surface area (TPSA) is 43.8 Å². The number of piperazine rings is 1. The summed E-state index contributed by atoms with van der Waals surface area (Å²) in [6, 6.07) is 3.80. The molecule has 0 aromatic heterocycles. The number of carbonyl (C=O) groups is 1. The first-order valence-electron chi connectivity index (χ1n) is 6.19. The van der Waals surface area contributed by atoms with Crippen LogP contribution >= 0.6 is 11.6 Å². The maximum absolute atomic E-state index is 12.9. The first kappa shape index (κ1) is 14.2. The zero-order chi connectivity index (χ0) is 13.8. The van der Waals surface area contributed by atoms with Gasteiger partial charge in [0, 0.05) is 32.7 Å². The molecule has 19 heavy (non-hydrogen) atoms. The molecular weight excluding hydrogens is 271 g/mol. The van der Waals surface area contributed by atoms with Gasteiger partial charge in [-0.15, -0.1) is 0 Å². The van der Waals surface area contributed by atoms with Crippen LogP contribution in [-0.4, -0.2) is 60.1 Å². The molecule has 1 aliphatic rings. The number of aliphatic hydroxyl groups is 1. The second-order valence-electron chi connectivity index (χ2n) is 4.48. The minimum atomic E-state index is -0.450. The van der Waals surface area contributed by atoms with Crippen molar-refractivity contribution >= 4 is 17.5 Å². The minimum Gasteiger partial charge on any atom is -0.395 e. The number of aliphatic hydroxyl groups excluding tert-OH is 1. The molecule has 1 saturated heterocycles. The molecule has 0 bridgehead atoms. The van der Waals surface area contributed by atoms with Crippen molar-refractivity contribution in [2.45, 2.75) is 0 Å². The van der Waals surface area contributed by atoms with E-state index in [1.165, 1.54) is 12.1 Å². The second-order valence-corrected chi connectivity index (χ2v) is 4.89. The van der Waals surface area contributed by atoms with Crippen LogP contribution in [0.25, 0.3) is 0 Å². The molecule has 2 rings (SSSR count). The summed E-state index contributed by atoms with van der Waals surface area (Å²) in [6.45, 7) is 3.38. The molecule has 4 nitrogen and oxygen atoms in total. The number of benzene rings is 1. The smallest absolute Gasteiger partial charge is 0.255 e. The highest BCUT2D eigenvalue weighted by molar-refractivity contribution is 6.33. The van der Waals surface area contributed by atoms with E-state index in [1.54, 1.807) is 4.90 Å². The molecule has 1 heterocycles. The highest BCUT2D eigenvalue weighted by Gasteiger charge is 2.23. The SMILES string of the molecule is O=C(c1ccc(F)cc1Cl)N1CCN(CCO)CC1. The van der Waals surface area contributed by atoms with Crippen LogP contribution in [-0.2, 0) is 0 Å². The van der Waals surface area contributed by atoms with Gasteiger partial charge >= 0.3 is 0 Å². The van der Waals surface area contributed by atoms with E-state index in [0.717, 1.165) is 19.2 Å². The number of hydrogen-bond donors (Lipinski definition) is 1. The number of rotatable bonds is 3. The predicted molar refractivity (Wildman–Crippen MR) is 70.8 cm³/mol. The van der Waals surface area contributed by atoms with Crippen LogP contribution in [0.2, 0.25) is 5.02 Å². The minimum absolute atomic E-state index is 0.123. The lowest BCUT2D eigenvalue weighted by Gasteiger charge is -2.34. The molecule has 1 aliphatic heterocycles. The molecule has 0 unspecified atom stereocenters. The Morgan fingerprint density at radius 2 is 2.00 bits per heavy atom. The summed E-state index contributed by atoms with van der Waals surface area (Å²) in [4.78, 5) is 16.0. The van der Waals surface area contributed by atoms with Crippen molar-refractivity contribution in [1.29, 1.82) is 0 Å². The van der Waals surface area contributed by atoms with Crippen molar-refractivity contribution in [3.05, 3.63) is 34.6 Å². The Morgan fingerprint density at radius 1 is 1.32 bits per heavy atom. The fourth-order valence-electron chi connectivity index (χ4n) is 2.15. The number of amides is 1. The average Bonchev–Trinajstić information content (AvgIpc) is 2.39. The Bertz CT molecular complexity index is 462. The number of halogens is 2. The van der Waals surface area contributed by atoms with Gasteiger partial charge < -0.3 is 10.0 Å². The number of carbonyl (C=O) groups excluding carboxylic acids is 1. The molecule has 6 heteroatoms. The summed E-state index contributed by atoms with van der Waals surface area (Å²) < 4.78 is 12.9. The van der Waals surface area contributed by atoms with Crippen LogP contribution in [0, 0.1) is 5.82 Å². The third-order valence-electron chi connectivity index (χ3n) is 3.24. The Balaban J connectivity index is 2.01. The summed E-state index contributed by atoms with van der Waals surface area (Å²) in [5.41, 5.74) is 0.332. The van der Waals surface area contributed by atoms with Gasteiger partial charge in [0.15, 0.2) is 0 Å². The summed E-state index contributed by atoms with van der Waals surface area (Å²) >= 11 is 5.89. The van der Waals surface area contributed by atoms with E-state index in [0.29, 0.717) is 25.2 Å². The maximum atomic E-state index is 12.9. The zero-order valence-corrected chi connectivity index (χ0v) is 11.2. The van der Waals surface area contributed by atoms with Crippen molar-refractivity contribution in [3.8, 4) is 0 Å². The largest absolute Gasteiger partial charge is 0.395 e. The van der Waals surface area contributed by atoms with Crippen LogP contribution in [0.15, 0.2) is 18.2 Å². The Morgan fingerprint density at radius 3 is 2.58 bits per heavy atom. The number of β-amino-alcohol motifs (C(OH)–C–C–N with tert-alkyl or cyclic N) is 1. The maximum Gasteiger partial charge on any atom is 0.255 e. The molecular formula is C13H16ClFN2O2. The molecule has 1 N–H and O–H groups in total. The van der Waals surface area contributed by atoms with Crippen molar-refractivity contribution in [3.63, 3.8) is 0 Å².